The van der Waals surface area contributed by atoms with Crippen LogP contribution < -0.4 is 10.5 Å². The fourth-order valence-corrected chi connectivity index (χ4v) is 2.60. The predicted molar refractivity (Wildman–Crippen MR) is 74.7 cm³/mol. The van der Waals surface area contributed by atoms with Gasteiger partial charge < -0.3 is 5.73 Å². The van der Waals surface area contributed by atoms with Crippen LogP contribution in [-0.4, -0.2) is 24.0 Å². The van der Waals surface area contributed by atoms with Gasteiger partial charge in [0, 0.05) is 25.4 Å². The van der Waals surface area contributed by atoms with Crippen molar-refractivity contribution in [2.75, 3.05) is 0 Å². The molecule has 1 heterocycles. The number of amidine groups is 1. The van der Waals surface area contributed by atoms with Gasteiger partial charge in [0.2, 0.25) is 10.0 Å². The number of sulfonamides is 1. The number of aryl methyl sites for hydroxylation is 1. The minimum atomic E-state index is -3.56. The van der Waals surface area contributed by atoms with Gasteiger partial charge in [-0.15, -0.1) is 0 Å². The number of nitrogens with zero attached hydrogens (tertiary/aromatic N) is 2. The largest absolute Gasteiger partial charge is 0.384 e. The first kappa shape index (κ1) is 14.2. The second-order valence-electron chi connectivity index (χ2n) is 4.28. The van der Waals surface area contributed by atoms with Crippen LogP contribution >= 0.6 is 0 Å². The lowest BCUT2D eigenvalue weighted by molar-refractivity contribution is 0.581. The molecule has 0 unspecified atom stereocenters. The number of nitrogen functional groups attached to an aromatic ring is 1. The summed E-state index contributed by atoms with van der Waals surface area (Å²) in [5.74, 6) is -0.0208. The third kappa shape index (κ3) is 3.22. The molecular weight excluding hydrogens is 278 g/mol. The normalized spacial score (nSPS) is 11.4. The first-order valence-electron chi connectivity index (χ1n) is 5.80. The number of hydrogen-bond acceptors (Lipinski definition) is 4. The first-order chi connectivity index (χ1) is 9.38. The van der Waals surface area contributed by atoms with Crippen molar-refractivity contribution in [3.63, 3.8) is 0 Å². The molecule has 0 aliphatic carbocycles. The number of benzene rings is 1. The molecule has 0 aliphatic rings. The molecule has 0 radical (unpaired) electrons. The molecule has 20 heavy (non-hydrogen) atoms. The van der Waals surface area contributed by atoms with Crippen LogP contribution in [0.2, 0.25) is 0 Å². The average Bonchev–Trinajstić information content (AvgIpc) is 2.84. The van der Waals surface area contributed by atoms with Crippen LogP contribution in [0.1, 0.15) is 11.1 Å². The molecule has 0 saturated carbocycles. The van der Waals surface area contributed by atoms with Crippen molar-refractivity contribution in [2.24, 2.45) is 12.8 Å². The highest BCUT2D eigenvalue weighted by Crippen LogP contribution is 2.08. The molecule has 7 nitrogen and oxygen atoms in total. The van der Waals surface area contributed by atoms with Crippen LogP contribution in [0.15, 0.2) is 41.6 Å². The van der Waals surface area contributed by atoms with E-state index in [0.29, 0.717) is 5.56 Å². The van der Waals surface area contributed by atoms with E-state index in [4.69, 9.17) is 11.1 Å². The number of aromatic nitrogens is 2. The maximum atomic E-state index is 12.0. The molecule has 0 atom stereocenters. The van der Waals surface area contributed by atoms with Gasteiger partial charge in [-0.2, -0.15) is 5.10 Å². The first-order valence-corrected chi connectivity index (χ1v) is 7.28. The van der Waals surface area contributed by atoms with Crippen LogP contribution in [0.4, 0.5) is 0 Å². The van der Waals surface area contributed by atoms with E-state index in [2.05, 4.69) is 9.82 Å². The SMILES string of the molecule is Cn1cc(S(=O)(=O)NCc2ccc(C(=N)N)cc2)cn1. The van der Waals surface area contributed by atoms with Crippen molar-refractivity contribution < 1.29 is 8.42 Å². The van der Waals surface area contributed by atoms with E-state index in [-0.39, 0.29) is 17.3 Å². The summed E-state index contributed by atoms with van der Waals surface area (Å²) in [6.07, 6.45) is 2.72. The summed E-state index contributed by atoms with van der Waals surface area (Å²) in [7, 11) is -1.91. The van der Waals surface area contributed by atoms with E-state index in [1.165, 1.54) is 17.1 Å². The Morgan fingerprint density at radius 2 is 2.05 bits per heavy atom. The Labute approximate surface area is 117 Å². The van der Waals surface area contributed by atoms with Gasteiger partial charge in [-0.25, -0.2) is 13.1 Å². The summed E-state index contributed by atoms with van der Waals surface area (Å²) in [5, 5.41) is 11.1. The lowest BCUT2D eigenvalue weighted by Gasteiger charge is -2.05. The van der Waals surface area contributed by atoms with E-state index < -0.39 is 10.0 Å². The lowest BCUT2D eigenvalue weighted by Crippen LogP contribution is -2.23. The predicted octanol–water partition coefficient (Wildman–Crippen LogP) is 0.183. The average molecular weight is 293 g/mol. The zero-order chi connectivity index (χ0) is 14.8. The molecule has 0 amide bonds. The number of hydrogen-bond donors (Lipinski definition) is 3. The zero-order valence-electron chi connectivity index (χ0n) is 10.9. The van der Waals surface area contributed by atoms with E-state index in [1.807, 2.05) is 0 Å². The maximum Gasteiger partial charge on any atom is 0.243 e. The second kappa shape index (κ2) is 5.43. The molecule has 0 spiro atoms. The van der Waals surface area contributed by atoms with Gasteiger partial charge in [0.1, 0.15) is 10.7 Å². The van der Waals surface area contributed by atoms with Gasteiger partial charge >= 0.3 is 0 Å². The minimum Gasteiger partial charge on any atom is -0.384 e. The van der Waals surface area contributed by atoms with Gasteiger partial charge in [0.25, 0.3) is 0 Å². The molecular formula is C12H15N5O2S. The van der Waals surface area contributed by atoms with Crippen LogP contribution in [0.5, 0.6) is 0 Å². The van der Waals surface area contributed by atoms with E-state index in [9.17, 15) is 8.42 Å². The number of nitrogens with one attached hydrogen (secondary N) is 2. The van der Waals surface area contributed by atoms with E-state index in [1.54, 1.807) is 31.3 Å². The summed E-state index contributed by atoms with van der Waals surface area (Å²) in [6, 6.07) is 6.80. The topological polar surface area (TPSA) is 114 Å². The molecule has 2 aromatic rings. The third-order valence-electron chi connectivity index (χ3n) is 2.72. The molecule has 106 valence electrons. The van der Waals surface area contributed by atoms with Crippen molar-refractivity contribution in [3.8, 4) is 0 Å². The minimum absolute atomic E-state index is 0.0208. The Morgan fingerprint density at radius 3 is 2.55 bits per heavy atom. The van der Waals surface area contributed by atoms with Crippen molar-refractivity contribution in [2.45, 2.75) is 11.4 Å². The highest BCUT2D eigenvalue weighted by atomic mass is 32.2. The van der Waals surface area contributed by atoms with Crippen molar-refractivity contribution in [1.82, 2.24) is 14.5 Å². The molecule has 0 fully saturated rings. The standard InChI is InChI=1S/C12H15N5O2S/c1-17-8-11(7-15-17)20(18,19)16-6-9-2-4-10(5-3-9)12(13)14/h2-5,7-8,16H,6H2,1H3,(H3,13,14). The summed E-state index contributed by atoms with van der Waals surface area (Å²) in [5.41, 5.74) is 6.73. The van der Waals surface area contributed by atoms with Crippen LogP contribution in [0, 0.1) is 5.41 Å². The van der Waals surface area contributed by atoms with Crippen LogP contribution in [0.3, 0.4) is 0 Å². The fraction of sp³-hybridized carbons (Fsp3) is 0.167. The molecule has 8 heteroatoms. The fourth-order valence-electron chi connectivity index (χ4n) is 1.60. The van der Waals surface area contributed by atoms with Crippen LogP contribution in [0.25, 0.3) is 0 Å². The van der Waals surface area contributed by atoms with Crippen molar-refractivity contribution in [1.29, 1.82) is 5.41 Å². The van der Waals surface area contributed by atoms with Crippen LogP contribution in [-0.2, 0) is 23.6 Å². The Hall–Kier alpha value is -2.19. The molecule has 4 N–H and O–H groups in total. The maximum absolute atomic E-state index is 12.0. The number of nitrogens with two attached hydrogens (primary N) is 1. The number of rotatable bonds is 5. The van der Waals surface area contributed by atoms with Gasteiger partial charge in [-0.1, -0.05) is 24.3 Å². The molecule has 1 aromatic heterocycles. The van der Waals surface area contributed by atoms with Gasteiger partial charge in [0.05, 0.1) is 6.20 Å². The summed E-state index contributed by atoms with van der Waals surface area (Å²) in [6.45, 7) is 0.162. The van der Waals surface area contributed by atoms with Crippen molar-refractivity contribution >= 4 is 15.9 Å². The molecule has 0 bridgehead atoms. The Morgan fingerprint density at radius 1 is 1.40 bits per heavy atom. The Kier molecular flexibility index (Phi) is 3.86. The van der Waals surface area contributed by atoms with Gasteiger partial charge in [-0.3, -0.25) is 10.1 Å². The summed E-state index contributed by atoms with van der Waals surface area (Å²) < 4.78 is 27.9. The molecule has 0 saturated heterocycles. The molecule has 2 rings (SSSR count). The lowest BCUT2D eigenvalue weighted by atomic mass is 10.1. The van der Waals surface area contributed by atoms with Crippen molar-refractivity contribution in [3.05, 3.63) is 47.8 Å². The molecule has 0 aliphatic heterocycles. The van der Waals surface area contributed by atoms with E-state index >= 15 is 0 Å². The second-order valence-corrected chi connectivity index (χ2v) is 6.05. The summed E-state index contributed by atoms with van der Waals surface area (Å²) >= 11 is 0. The quantitative estimate of drug-likeness (QED) is 0.539. The Bertz CT molecular complexity index is 719. The highest BCUT2D eigenvalue weighted by molar-refractivity contribution is 7.89. The van der Waals surface area contributed by atoms with E-state index in [0.717, 1.165) is 5.56 Å². The smallest absolute Gasteiger partial charge is 0.243 e. The highest BCUT2D eigenvalue weighted by Gasteiger charge is 2.15. The molecule has 1 aromatic carbocycles. The zero-order valence-corrected chi connectivity index (χ0v) is 11.7. The van der Waals surface area contributed by atoms with Gasteiger partial charge in [0.15, 0.2) is 0 Å². The van der Waals surface area contributed by atoms with Gasteiger partial charge in [-0.05, 0) is 5.56 Å². The Balaban J connectivity index is 2.06. The monoisotopic (exact) mass is 293 g/mol. The third-order valence-corrected chi connectivity index (χ3v) is 4.08. The summed E-state index contributed by atoms with van der Waals surface area (Å²) in [4.78, 5) is 0.125.